The van der Waals surface area contributed by atoms with Crippen LogP contribution < -0.4 is 10.2 Å². The first-order chi connectivity index (χ1) is 9.36. The van der Waals surface area contributed by atoms with Crippen molar-refractivity contribution in [1.82, 2.24) is 5.32 Å². The Hall–Kier alpha value is -1.06. The molecule has 2 fully saturated rings. The number of aliphatic hydroxyl groups excluding tert-OH is 1. The van der Waals surface area contributed by atoms with E-state index in [2.05, 4.69) is 34.5 Å². The molecule has 2 N–H and O–H groups in total. The van der Waals surface area contributed by atoms with Crippen molar-refractivity contribution < 1.29 is 5.11 Å². The Morgan fingerprint density at radius 1 is 1.21 bits per heavy atom. The molecular weight excluding hydrogens is 236 g/mol. The number of rotatable bonds is 6. The van der Waals surface area contributed by atoms with Crippen molar-refractivity contribution in [3.05, 3.63) is 29.8 Å². The number of hydrogen-bond donors (Lipinski definition) is 2. The second-order valence-corrected chi connectivity index (χ2v) is 5.90. The second-order valence-electron chi connectivity index (χ2n) is 5.90. The fraction of sp³-hybridized carbons (Fsp3) is 0.625. The molecule has 0 aromatic heterocycles. The minimum atomic E-state index is 0.323. The maximum absolute atomic E-state index is 9.06. The fourth-order valence-corrected chi connectivity index (χ4v) is 2.98. The molecule has 3 heteroatoms. The lowest BCUT2D eigenvalue weighted by Crippen LogP contribution is -2.23. The number of aliphatic hydroxyl groups is 1. The molecule has 1 aromatic carbocycles. The zero-order chi connectivity index (χ0) is 13.1. The van der Waals surface area contributed by atoms with Gasteiger partial charge >= 0.3 is 0 Å². The Morgan fingerprint density at radius 2 is 2.05 bits per heavy atom. The molecule has 0 amide bonds. The minimum Gasteiger partial charge on any atom is -0.396 e. The normalized spacial score (nSPS) is 23.0. The van der Waals surface area contributed by atoms with Crippen LogP contribution in [0.15, 0.2) is 24.3 Å². The Morgan fingerprint density at radius 3 is 2.84 bits per heavy atom. The van der Waals surface area contributed by atoms with E-state index in [4.69, 9.17) is 5.11 Å². The average Bonchev–Trinajstić information content (AvgIpc) is 3.16. The predicted octanol–water partition coefficient (Wildman–Crippen LogP) is 2.15. The van der Waals surface area contributed by atoms with E-state index in [1.165, 1.54) is 30.5 Å². The van der Waals surface area contributed by atoms with Crippen molar-refractivity contribution in [2.45, 2.75) is 38.3 Å². The van der Waals surface area contributed by atoms with Crippen LogP contribution in [0.25, 0.3) is 0 Å². The van der Waals surface area contributed by atoms with Crippen LogP contribution in [0.2, 0.25) is 0 Å². The van der Waals surface area contributed by atoms with E-state index in [1.807, 2.05) is 0 Å². The first kappa shape index (κ1) is 12.9. The van der Waals surface area contributed by atoms with E-state index in [9.17, 15) is 0 Å². The summed E-state index contributed by atoms with van der Waals surface area (Å²) in [5, 5.41) is 12.7. The molecule has 0 radical (unpaired) electrons. The lowest BCUT2D eigenvalue weighted by Gasteiger charge is -2.22. The summed E-state index contributed by atoms with van der Waals surface area (Å²) in [7, 11) is 0. The highest BCUT2D eigenvalue weighted by Gasteiger charge is 2.24. The Bertz CT molecular complexity index is 417. The van der Waals surface area contributed by atoms with Crippen LogP contribution >= 0.6 is 0 Å². The number of hydrogen-bond acceptors (Lipinski definition) is 3. The summed E-state index contributed by atoms with van der Waals surface area (Å²) in [5.41, 5.74) is 2.80. The summed E-state index contributed by atoms with van der Waals surface area (Å²) in [5.74, 6) is 0.662. The van der Waals surface area contributed by atoms with E-state index in [-0.39, 0.29) is 0 Å². The summed E-state index contributed by atoms with van der Waals surface area (Å²) >= 11 is 0. The van der Waals surface area contributed by atoms with Gasteiger partial charge in [0, 0.05) is 38.0 Å². The van der Waals surface area contributed by atoms with Crippen molar-refractivity contribution in [2.75, 3.05) is 24.6 Å². The number of anilines is 1. The maximum Gasteiger partial charge on any atom is 0.0434 e. The summed E-state index contributed by atoms with van der Waals surface area (Å²) in [6.07, 6.45) is 4.83. The molecule has 104 valence electrons. The van der Waals surface area contributed by atoms with Crippen LogP contribution in [0.5, 0.6) is 0 Å². The first-order valence-corrected chi connectivity index (χ1v) is 7.54. The smallest absolute Gasteiger partial charge is 0.0434 e. The van der Waals surface area contributed by atoms with Crippen LogP contribution in [0.3, 0.4) is 0 Å². The summed E-state index contributed by atoms with van der Waals surface area (Å²) in [4.78, 5) is 2.49. The van der Waals surface area contributed by atoms with Crippen molar-refractivity contribution in [3.8, 4) is 0 Å². The fourth-order valence-electron chi connectivity index (χ4n) is 2.98. The topological polar surface area (TPSA) is 35.5 Å². The lowest BCUT2D eigenvalue weighted by atomic mass is 10.1. The molecule has 1 aliphatic heterocycles. The molecule has 1 heterocycles. The quantitative estimate of drug-likeness (QED) is 0.822. The predicted molar refractivity (Wildman–Crippen MR) is 78.3 cm³/mol. The Kier molecular flexibility index (Phi) is 4.04. The van der Waals surface area contributed by atoms with Gasteiger partial charge in [-0.15, -0.1) is 0 Å². The highest BCUT2D eigenvalue weighted by atomic mass is 16.3. The van der Waals surface area contributed by atoms with E-state index >= 15 is 0 Å². The standard InChI is InChI=1S/C16H24N2O/c19-10-8-13-7-9-18(12-13)16-4-2-1-3-14(16)11-17-15-5-6-15/h1-4,13,15,17,19H,5-12H2. The first-order valence-electron chi connectivity index (χ1n) is 7.54. The summed E-state index contributed by atoms with van der Waals surface area (Å²) < 4.78 is 0. The molecule has 1 saturated heterocycles. The molecule has 2 aliphatic rings. The molecule has 3 rings (SSSR count). The third kappa shape index (κ3) is 3.28. The van der Waals surface area contributed by atoms with Crippen molar-refractivity contribution in [3.63, 3.8) is 0 Å². The molecule has 1 aliphatic carbocycles. The van der Waals surface area contributed by atoms with Crippen molar-refractivity contribution in [1.29, 1.82) is 0 Å². The van der Waals surface area contributed by atoms with Crippen LogP contribution in [-0.4, -0.2) is 30.8 Å². The largest absolute Gasteiger partial charge is 0.396 e. The lowest BCUT2D eigenvalue weighted by molar-refractivity contribution is 0.263. The van der Waals surface area contributed by atoms with E-state index in [0.29, 0.717) is 12.5 Å². The van der Waals surface area contributed by atoms with Crippen LogP contribution in [0.1, 0.15) is 31.2 Å². The summed E-state index contributed by atoms with van der Waals surface area (Å²) in [6, 6.07) is 9.51. The van der Waals surface area contributed by atoms with Crippen molar-refractivity contribution in [2.24, 2.45) is 5.92 Å². The van der Waals surface area contributed by atoms with Gasteiger partial charge in [0.2, 0.25) is 0 Å². The van der Waals surface area contributed by atoms with Gasteiger partial charge in [-0.3, -0.25) is 0 Å². The van der Waals surface area contributed by atoms with Gasteiger partial charge in [0.25, 0.3) is 0 Å². The Labute approximate surface area is 115 Å². The number of nitrogens with one attached hydrogen (secondary N) is 1. The highest BCUT2D eigenvalue weighted by Crippen LogP contribution is 2.29. The third-order valence-electron chi connectivity index (χ3n) is 4.31. The van der Waals surface area contributed by atoms with E-state index in [0.717, 1.165) is 32.1 Å². The van der Waals surface area contributed by atoms with Crippen LogP contribution in [0, 0.1) is 5.92 Å². The highest BCUT2D eigenvalue weighted by molar-refractivity contribution is 5.54. The SMILES string of the molecule is OCCC1CCN(c2ccccc2CNC2CC2)C1. The van der Waals surface area contributed by atoms with Gasteiger partial charge in [-0.05, 0) is 43.2 Å². The number of nitrogens with zero attached hydrogens (tertiary/aromatic N) is 1. The number of benzene rings is 1. The van der Waals surface area contributed by atoms with Gasteiger partial charge in [-0.25, -0.2) is 0 Å². The monoisotopic (exact) mass is 260 g/mol. The minimum absolute atomic E-state index is 0.323. The molecule has 3 nitrogen and oxygen atoms in total. The molecule has 19 heavy (non-hydrogen) atoms. The molecule has 1 saturated carbocycles. The van der Waals surface area contributed by atoms with Gasteiger partial charge in [0.15, 0.2) is 0 Å². The average molecular weight is 260 g/mol. The van der Waals surface area contributed by atoms with Gasteiger partial charge in [0.05, 0.1) is 0 Å². The molecule has 0 bridgehead atoms. The zero-order valence-electron chi connectivity index (χ0n) is 11.5. The maximum atomic E-state index is 9.06. The van der Waals surface area contributed by atoms with Crippen LogP contribution in [0.4, 0.5) is 5.69 Å². The van der Waals surface area contributed by atoms with Gasteiger partial charge in [-0.1, -0.05) is 18.2 Å². The summed E-state index contributed by atoms with van der Waals surface area (Å²) in [6.45, 7) is 3.54. The third-order valence-corrected chi connectivity index (χ3v) is 4.31. The zero-order valence-corrected chi connectivity index (χ0v) is 11.5. The van der Waals surface area contributed by atoms with Gasteiger partial charge in [0.1, 0.15) is 0 Å². The van der Waals surface area contributed by atoms with Gasteiger partial charge in [-0.2, -0.15) is 0 Å². The molecule has 1 atom stereocenters. The van der Waals surface area contributed by atoms with E-state index in [1.54, 1.807) is 0 Å². The second kappa shape index (κ2) is 5.93. The molecule has 0 spiro atoms. The Balaban J connectivity index is 1.65. The number of para-hydroxylation sites is 1. The molecule has 1 unspecified atom stereocenters. The van der Waals surface area contributed by atoms with Crippen LogP contribution in [-0.2, 0) is 6.54 Å². The molecular formula is C16H24N2O. The van der Waals surface area contributed by atoms with E-state index < -0.39 is 0 Å². The van der Waals surface area contributed by atoms with Crippen molar-refractivity contribution >= 4 is 5.69 Å². The van der Waals surface area contributed by atoms with Gasteiger partial charge < -0.3 is 15.3 Å². The molecule has 1 aromatic rings.